The zero-order valence-electron chi connectivity index (χ0n) is 11.0. The van der Waals surface area contributed by atoms with Gasteiger partial charge in [0, 0.05) is 18.0 Å². The molecule has 7 heteroatoms. The first-order valence-corrected chi connectivity index (χ1v) is 8.51. The Hall–Kier alpha value is -0.470. The van der Waals surface area contributed by atoms with Crippen molar-refractivity contribution in [3.8, 4) is 0 Å². The van der Waals surface area contributed by atoms with E-state index in [1.165, 1.54) is 0 Å². The van der Waals surface area contributed by atoms with E-state index in [0.717, 1.165) is 29.7 Å². The van der Waals surface area contributed by atoms with E-state index < -0.39 is 10.0 Å². The number of hydrogen-bond donors (Lipinski definition) is 2. The quantitative estimate of drug-likeness (QED) is 0.862. The minimum atomic E-state index is -3.49. The largest absolute Gasteiger partial charge is 0.391 e. The fraction of sp³-hybridized carbons (Fsp3) is 0.667. The number of methoxy groups -OCH3 is 1. The first-order chi connectivity index (χ1) is 8.96. The number of thiophene rings is 1. The lowest BCUT2D eigenvalue weighted by Gasteiger charge is -2.12. The van der Waals surface area contributed by atoms with Gasteiger partial charge in [0.2, 0.25) is 10.0 Å². The van der Waals surface area contributed by atoms with E-state index in [2.05, 4.69) is 4.72 Å². The van der Waals surface area contributed by atoms with Crippen molar-refractivity contribution >= 4 is 21.4 Å². The minimum absolute atomic E-state index is 0.0602. The molecule has 5 nitrogen and oxygen atoms in total. The second-order valence-electron chi connectivity index (χ2n) is 4.82. The average Bonchev–Trinajstić information content (AvgIpc) is 2.95. The van der Waals surface area contributed by atoms with E-state index in [1.54, 1.807) is 20.1 Å². The van der Waals surface area contributed by atoms with Crippen LogP contribution in [0.2, 0.25) is 0 Å². The highest BCUT2D eigenvalue weighted by atomic mass is 32.2. The summed E-state index contributed by atoms with van der Waals surface area (Å²) < 4.78 is 32.7. The molecule has 1 aliphatic carbocycles. The topological polar surface area (TPSA) is 75.6 Å². The summed E-state index contributed by atoms with van der Waals surface area (Å²) in [5.41, 5.74) is 0.814. The van der Waals surface area contributed by atoms with Crippen molar-refractivity contribution in [3.63, 3.8) is 0 Å². The first kappa shape index (κ1) is 14.9. The number of aliphatic hydroxyl groups is 1. The van der Waals surface area contributed by atoms with Crippen LogP contribution in [0.15, 0.2) is 10.3 Å². The van der Waals surface area contributed by atoms with Gasteiger partial charge in [0.05, 0.1) is 12.7 Å². The van der Waals surface area contributed by atoms with Gasteiger partial charge in [-0.15, -0.1) is 11.3 Å². The van der Waals surface area contributed by atoms with Crippen LogP contribution in [0.25, 0.3) is 0 Å². The number of aryl methyl sites for hydroxylation is 1. The molecule has 0 aliphatic heterocycles. The van der Waals surface area contributed by atoms with Crippen molar-refractivity contribution in [3.05, 3.63) is 16.5 Å². The van der Waals surface area contributed by atoms with Gasteiger partial charge in [-0.2, -0.15) is 0 Å². The van der Waals surface area contributed by atoms with E-state index in [4.69, 9.17) is 9.84 Å². The van der Waals surface area contributed by atoms with Gasteiger partial charge >= 0.3 is 0 Å². The third-order valence-corrected chi connectivity index (χ3v) is 6.66. The zero-order chi connectivity index (χ0) is 14.0. The molecule has 108 valence electrons. The lowest BCUT2D eigenvalue weighted by atomic mass is 10.3. The summed E-state index contributed by atoms with van der Waals surface area (Å²) in [6.45, 7) is 1.68. The van der Waals surface area contributed by atoms with Gasteiger partial charge in [-0.05, 0) is 37.8 Å². The van der Waals surface area contributed by atoms with Gasteiger partial charge in [0.1, 0.15) is 4.21 Å². The number of ether oxygens (including phenoxy) is 1. The van der Waals surface area contributed by atoms with Gasteiger partial charge in [-0.25, -0.2) is 13.1 Å². The molecule has 0 aromatic carbocycles. The van der Waals surface area contributed by atoms with Crippen LogP contribution in [0.5, 0.6) is 0 Å². The summed E-state index contributed by atoms with van der Waals surface area (Å²) in [5, 5.41) is 9.13. The van der Waals surface area contributed by atoms with Crippen LogP contribution in [-0.4, -0.2) is 32.8 Å². The highest BCUT2D eigenvalue weighted by Crippen LogP contribution is 2.28. The standard InChI is InChI=1S/C12H19NO4S2/c1-8-5-12(18-11(8)7-14)19(15,16)13-9-3-4-10(6-9)17-2/h5,9-10,13-14H,3-4,6-7H2,1-2H3. The van der Waals surface area contributed by atoms with E-state index in [0.29, 0.717) is 11.3 Å². The Morgan fingerprint density at radius 2 is 2.26 bits per heavy atom. The summed E-state index contributed by atoms with van der Waals surface area (Å²) in [6.07, 6.45) is 2.54. The van der Waals surface area contributed by atoms with Crippen molar-refractivity contribution in [2.45, 2.75) is 49.1 Å². The summed E-state index contributed by atoms with van der Waals surface area (Å²) in [6, 6.07) is 1.55. The van der Waals surface area contributed by atoms with Crippen LogP contribution in [0.3, 0.4) is 0 Å². The molecule has 0 amide bonds. The second-order valence-corrected chi connectivity index (χ2v) is 7.90. The van der Waals surface area contributed by atoms with E-state index >= 15 is 0 Å². The van der Waals surface area contributed by atoms with Crippen molar-refractivity contribution < 1.29 is 18.3 Å². The van der Waals surface area contributed by atoms with Crippen molar-refractivity contribution in [2.75, 3.05) is 7.11 Å². The van der Waals surface area contributed by atoms with Crippen molar-refractivity contribution in [1.29, 1.82) is 0 Å². The zero-order valence-corrected chi connectivity index (χ0v) is 12.7. The smallest absolute Gasteiger partial charge is 0.250 e. The van der Waals surface area contributed by atoms with Crippen LogP contribution in [-0.2, 0) is 21.4 Å². The van der Waals surface area contributed by atoms with Crippen LogP contribution in [0.1, 0.15) is 29.7 Å². The fourth-order valence-corrected chi connectivity index (χ4v) is 5.07. The fourth-order valence-electron chi connectivity index (χ4n) is 2.32. The normalized spacial score (nSPS) is 23.9. The van der Waals surface area contributed by atoms with Gasteiger partial charge in [-0.3, -0.25) is 0 Å². The highest BCUT2D eigenvalue weighted by molar-refractivity contribution is 7.91. The van der Waals surface area contributed by atoms with Crippen LogP contribution in [0, 0.1) is 6.92 Å². The Morgan fingerprint density at radius 1 is 1.53 bits per heavy atom. The predicted octanol–water partition coefficient (Wildman–Crippen LogP) is 1.39. The Morgan fingerprint density at radius 3 is 2.79 bits per heavy atom. The molecule has 0 bridgehead atoms. The third-order valence-electron chi connectivity index (χ3n) is 3.45. The molecule has 0 saturated heterocycles. The molecule has 2 atom stereocenters. The summed E-state index contributed by atoms with van der Waals surface area (Å²) in [7, 11) is -1.83. The Balaban J connectivity index is 2.10. The van der Waals surface area contributed by atoms with Gasteiger partial charge in [0.15, 0.2) is 0 Å². The maximum atomic E-state index is 12.2. The van der Waals surface area contributed by atoms with Crippen LogP contribution < -0.4 is 4.72 Å². The molecule has 0 radical (unpaired) electrons. The second kappa shape index (κ2) is 5.88. The summed E-state index contributed by atoms with van der Waals surface area (Å²) in [5.74, 6) is 0. The molecular weight excluding hydrogens is 286 g/mol. The lowest BCUT2D eigenvalue weighted by molar-refractivity contribution is 0.107. The number of sulfonamides is 1. The first-order valence-electron chi connectivity index (χ1n) is 6.21. The number of aliphatic hydroxyl groups excluding tert-OH is 1. The Labute approximate surface area is 117 Å². The number of nitrogens with one attached hydrogen (secondary N) is 1. The van der Waals surface area contributed by atoms with Crippen LogP contribution in [0.4, 0.5) is 0 Å². The van der Waals surface area contributed by atoms with Gasteiger partial charge in [0.25, 0.3) is 0 Å². The Bertz CT molecular complexity index is 538. The minimum Gasteiger partial charge on any atom is -0.391 e. The lowest BCUT2D eigenvalue weighted by Crippen LogP contribution is -2.33. The van der Waals surface area contributed by atoms with E-state index in [9.17, 15) is 8.42 Å². The monoisotopic (exact) mass is 305 g/mol. The third kappa shape index (κ3) is 3.35. The maximum absolute atomic E-state index is 12.2. The molecule has 2 unspecified atom stereocenters. The number of hydrogen-bond acceptors (Lipinski definition) is 5. The van der Waals surface area contributed by atoms with E-state index in [-0.39, 0.29) is 23.0 Å². The predicted molar refractivity (Wildman–Crippen MR) is 73.7 cm³/mol. The molecule has 1 fully saturated rings. The molecule has 19 heavy (non-hydrogen) atoms. The van der Waals surface area contributed by atoms with Crippen molar-refractivity contribution in [2.24, 2.45) is 0 Å². The summed E-state index contributed by atoms with van der Waals surface area (Å²) >= 11 is 1.12. The van der Waals surface area contributed by atoms with E-state index in [1.807, 2.05) is 0 Å². The number of rotatable bonds is 5. The average molecular weight is 305 g/mol. The summed E-state index contributed by atoms with van der Waals surface area (Å²) in [4.78, 5) is 0.696. The maximum Gasteiger partial charge on any atom is 0.250 e. The molecule has 1 aromatic heterocycles. The molecule has 1 aromatic rings. The molecule has 0 spiro atoms. The molecular formula is C12H19NO4S2. The molecule has 1 aliphatic rings. The molecule has 2 rings (SSSR count). The van der Waals surface area contributed by atoms with Gasteiger partial charge < -0.3 is 9.84 Å². The Kier molecular flexibility index (Phi) is 4.62. The SMILES string of the molecule is COC1CCC(NS(=O)(=O)c2cc(C)c(CO)s2)C1. The molecule has 1 saturated carbocycles. The molecule has 1 heterocycles. The van der Waals surface area contributed by atoms with Crippen molar-refractivity contribution in [1.82, 2.24) is 4.72 Å². The highest BCUT2D eigenvalue weighted by Gasteiger charge is 2.29. The molecule has 2 N–H and O–H groups in total. The van der Waals surface area contributed by atoms with Crippen LogP contribution >= 0.6 is 11.3 Å². The van der Waals surface area contributed by atoms with Gasteiger partial charge in [-0.1, -0.05) is 0 Å².